The first-order chi connectivity index (χ1) is 11.0. The summed E-state index contributed by atoms with van der Waals surface area (Å²) in [6, 6.07) is 15.0. The molecule has 0 aliphatic rings. The van der Waals surface area contributed by atoms with Gasteiger partial charge in [-0.2, -0.15) is 0 Å². The van der Waals surface area contributed by atoms with Crippen LogP contribution in [0, 0.1) is 6.92 Å². The molecule has 3 nitrogen and oxygen atoms in total. The molecule has 0 saturated carbocycles. The maximum atomic E-state index is 12.6. The van der Waals surface area contributed by atoms with Gasteiger partial charge in [0.2, 0.25) is 0 Å². The van der Waals surface area contributed by atoms with Crippen LogP contribution in [0.4, 0.5) is 0 Å². The zero-order valence-corrected chi connectivity index (χ0v) is 14.8. The third-order valence-electron chi connectivity index (χ3n) is 3.54. The van der Waals surface area contributed by atoms with Crippen molar-refractivity contribution in [2.24, 2.45) is 0 Å². The summed E-state index contributed by atoms with van der Waals surface area (Å²) in [5.74, 6) is -0.140. The molecule has 0 radical (unpaired) electrons. The summed E-state index contributed by atoms with van der Waals surface area (Å²) < 4.78 is 0.913. The molecule has 0 aliphatic carbocycles. The summed E-state index contributed by atoms with van der Waals surface area (Å²) >= 11 is 9.57. The minimum atomic E-state index is -0.140. The summed E-state index contributed by atoms with van der Waals surface area (Å²) in [5, 5.41) is 4.39. The first kappa shape index (κ1) is 16.0. The van der Waals surface area contributed by atoms with Gasteiger partial charge in [0, 0.05) is 27.1 Å². The Labute approximate surface area is 147 Å². The van der Waals surface area contributed by atoms with Crippen molar-refractivity contribution in [2.45, 2.75) is 13.5 Å². The van der Waals surface area contributed by atoms with Gasteiger partial charge in [-0.25, -0.2) is 0 Å². The van der Waals surface area contributed by atoms with Crippen molar-refractivity contribution in [1.29, 1.82) is 0 Å². The van der Waals surface area contributed by atoms with Crippen LogP contribution in [0.2, 0.25) is 5.02 Å². The number of carbonyl (C=O) groups excluding carboxylic acids is 1. The topological polar surface area (TPSA) is 42.0 Å². The number of fused-ring (bicyclic) bond motifs is 1. The molecule has 0 saturated heterocycles. The van der Waals surface area contributed by atoms with Gasteiger partial charge in [-0.15, -0.1) is 0 Å². The fourth-order valence-electron chi connectivity index (χ4n) is 2.43. The first-order valence-corrected chi connectivity index (χ1v) is 8.30. The highest BCUT2D eigenvalue weighted by molar-refractivity contribution is 9.10. The second-order valence-corrected chi connectivity index (χ2v) is 6.57. The average Bonchev–Trinajstić information content (AvgIpc) is 2.53. The molecule has 0 bridgehead atoms. The fraction of sp³-hybridized carbons (Fsp3) is 0.111. The summed E-state index contributed by atoms with van der Waals surface area (Å²) in [4.78, 5) is 17.1. The summed E-state index contributed by atoms with van der Waals surface area (Å²) in [7, 11) is 0. The number of carbonyl (C=O) groups is 1. The molecule has 5 heteroatoms. The second kappa shape index (κ2) is 6.69. The van der Waals surface area contributed by atoms with Crippen LogP contribution >= 0.6 is 27.5 Å². The van der Waals surface area contributed by atoms with Crippen LogP contribution in [0.25, 0.3) is 10.9 Å². The van der Waals surface area contributed by atoms with E-state index in [1.54, 1.807) is 6.07 Å². The van der Waals surface area contributed by atoms with Gasteiger partial charge in [-0.1, -0.05) is 45.7 Å². The zero-order valence-electron chi connectivity index (χ0n) is 12.4. The lowest BCUT2D eigenvalue weighted by Crippen LogP contribution is -2.23. The monoisotopic (exact) mass is 388 g/mol. The molecule has 0 aliphatic heterocycles. The van der Waals surface area contributed by atoms with Crippen LogP contribution in [0.5, 0.6) is 0 Å². The van der Waals surface area contributed by atoms with E-state index >= 15 is 0 Å². The molecular weight excluding hydrogens is 376 g/mol. The summed E-state index contributed by atoms with van der Waals surface area (Å²) in [6.45, 7) is 2.27. The lowest BCUT2D eigenvalue weighted by atomic mass is 10.1. The van der Waals surface area contributed by atoms with E-state index in [1.165, 1.54) is 0 Å². The van der Waals surface area contributed by atoms with Crippen LogP contribution in [-0.4, -0.2) is 10.9 Å². The number of hydrogen-bond donors (Lipinski definition) is 1. The highest BCUT2D eigenvalue weighted by Gasteiger charge is 2.12. The van der Waals surface area contributed by atoms with Gasteiger partial charge in [0.1, 0.15) is 0 Å². The highest BCUT2D eigenvalue weighted by atomic mass is 79.9. The number of aromatic nitrogens is 1. The van der Waals surface area contributed by atoms with E-state index in [1.807, 2.05) is 49.4 Å². The van der Waals surface area contributed by atoms with E-state index in [0.29, 0.717) is 17.1 Å². The molecule has 1 aromatic heterocycles. The number of nitrogens with zero attached hydrogens (tertiary/aromatic N) is 1. The third-order valence-corrected chi connectivity index (χ3v) is 4.40. The normalized spacial score (nSPS) is 10.7. The first-order valence-electron chi connectivity index (χ1n) is 7.13. The van der Waals surface area contributed by atoms with Gasteiger partial charge in [0.15, 0.2) is 0 Å². The second-order valence-electron chi connectivity index (χ2n) is 5.25. The molecule has 0 spiro atoms. The molecule has 3 rings (SSSR count). The number of benzene rings is 2. The SMILES string of the molecule is Cc1cc(C(=O)NCc2ccccc2Cl)c2cc(Br)ccc2n1. The van der Waals surface area contributed by atoms with Crippen molar-refractivity contribution in [3.8, 4) is 0 Å². The predicted octanol–water partition coefficient (Wildman–Crippen LogP) is 4.89. The Balaban J connectivity index is 1.91. The number of rotatable bonds is 3. The number of aryl methyl sites for hydroxylation is 1. The number of nitrogens with one attached hydrogen (secondary N) is 1. The van der Waals surface area contributed by atoms with E-state index < -0.39 is 0 Å². The van der Waals surface area contributed by atoms with E-state index in [-0.39, 0.29) is 5.91 Å². The molecule has 116 valence electrons. The lowest BCUT2D eigenvalue weighted by molar-refractivity contribution is 0.0952. The Hall–Kier alpha value is -1.91. The molecule has 1 N–H and O–H groups in total. The van der Waals surface area contributed by atoms with Gasteiger partial charge in [0.25, 0.3) is 5.91 Å². The lowest BCUT2D eigenvalue weighted by Gasteiger charge is -2.10. The minimum absolute atomic E-state index is 0.140. The number of halogens is 2. The van der Waals surface area contributed by atoms with Crippen molar-refractivity contribution < 1.29 is 4.79 Å². The van der Waals surface area contributed by atoms with Crippen LogP contribution in [0.3, 0.4) is 0 Å². The van der Waals surface area contributed by atoms with Crippen LogP contribution < -0.4 is 5.32 Å². The molecular formula is C18H14BrClN2O. The van der Waals surface area contributed by atoms with E-state index in [4.69, 9.17) is 11.6 Å². The Morgan fingerprint density at radius 2 is 2.00 bits per heavy atom. The zero-order chi connectivity index (χ0) is 16.4. The maximum absolute atomic E-state index is 12.6. The van der Waals surface area contributed by atoms with E-state index in [2.05, 4.69) is 26.2 Å². The van der Waals surface area contributed by atoms with Gasteiger partial charge >= 0.3 is 0 Å². The Morgan fingerprint density at radius 3 is 2.78 bits per heavy atom. The summed E-state index contributed by atoms with van der Waals surface area (Å²) in [6.07, 6.45) is 0. The van der Waals surface area contributed by atoms with Gasteiger partial charge in [-0.05, 0) is 42.8 Å². The van der Waals surface area contributed by atoms with Crippen molar-refractivity contribution in [1.82, 2.24) is 10.3 Å². The molecule has 0 fully saturated rings. The molecule has 0 unspecified atom stereocenters. The Morgan fingerprint density at radius 1 is 1.22 bits per heavy atom. The maximum Gasteiger partial charge on any atom is 0.252 e. The third kappa shape index (κ3) is 3.54. The highest BCUT2D eigenvalue weighted by Crippen LogP contribution is 2.23. The van der Waals surface area contributed by atoms with Crippen molar-refractivity contribution >= 4 is 44.3 Å². The van der Waals surface area contributed by atoms with E-state index in [0.717, 1.165) is 26.6 Å². The van der Waals surface area contributed by atoms with Crippen molar-refractivity contribution in [3.05, 3.63) is 74.8 Å². The number of hydrogen-bond acceptors (Lipinski definition) is 2. The predicted molar refractivity (Wildman–Crippen MR) is 96.8 cm³/mol. The molecule has 2 aromatic carbocycles. The molecule has 1 amide bonds. The van der Waals surface area contributed by atoms with Gasteiger partial charge < -0.3 is 5.32 Å². The minimum Gasteiger partial charge on any atom is -0.348 e. The largest absolute Gasteiger partial charge is 0.348 e. The average molecular weight is 390 g/mol. The molecule has 3 aromatic rings. The Bertz CT molecular complexity index is 895. The van der Waals surface area contributed by atoms with Crippen molar-refractivity contribution in [2.75, 3.05) is 0 Å². The van der Waals surface area contributed by atoms with E-state index in [9.17, 15) is 4.79 Å². The van der Waals surface area contributed by atoms with Crippen LogP contribution in [0.1, 0.15) is 21.6 Å². The van der Waals surface area contributed by atoms with Crippen LogP contribution in [0.15, 0.2) is 53.0 Å². The number of pyridine rings is 1. The number of amides is 1. The molecule has 1 heterocycles. The fourth-order valence-corrected chi connectivity index (χ4v) is 2.99. The van der Waals surface area contributed by atoms with Crippen LogP contribution in [-0.2, 0) is 6.54 Å². The Kier molecular flexibility index (Phi) is 4.64. The summed E-state index contributed by atoms with van der Waals surface area (Å²) in [5.41, 5.74) is 3.11. The van der Waals surface area contributed by atoms with Crippen molar-refractivity contribution in [3.63, 3.8) is 0 Å². The standard InChI is InChI=1S/C18H14BrClN2O/c1-11-8-15(14-9-13(19)6-7-17(14)22-11)18(23)21-10-12-4-2-3-5-16(12)20/h2-9H,10H2,1H3,(H,21,23). The molecule has 23 heavy (non-hydrogen) atoms. The smallest absolute Gasteiger partial charge is 0.252 e. The van der Waals surface area contributed by atoms with Gasteiger partial charge in [0.05, 0.1) is 11.1 Å². The quantitative estimate of drug-likeness (QED) is 0.693. The molecule has 0 atom stereocenters. The van der Waals surface area contributed by atoms with Gasteiger partial charge in [-0.3, -0.25) is 9.78 Å².